The Hall–Kier alpha value is -3.55. The molecule has 1 aliphatic carbocycles. The first-order chi connectivity index (χ1) is 15.0. The van der Waals surface area contributed by atoms with Crippen LogP contribution >= 0.6 is 0 Å². The van der Waals surface area contributed by atoms with Gasteiger partial charge >= 0.3 is 5.97 Å². The highest BCUT2D eigenvalue weighted by Gasteiger charge is 2.27. The number of hydrogen-bond acceptors (Lipinski definition) is 4. The molecule has 162 valence electrons. The molecule has 31 heavy (non-hydrogen) atoms. The second-order valence-corrected chi connectivity index (χ2v) is 7.51. The highest BCUT2D eigenvalue weighted by atomic mass is 19.1. The van der Waals surface area contributed by atoms with E-state index in [0.29, 0.717) is 41.7 Å². The van der Waals surface area contributed by atoms with Crippen molar-refractivity contribution in [3.63, 3.8) is 0 Å². The molecule has 0 saturated carbocycles. The third kappa shape index (κ3) is 4.33. The monoisotopic (exact) mass is 426 g/mol. The Morgan fingerprint density at radius 2 is 2.00 bits per heavy atom. The maximum atomic E-state index is 13.9. The topological polar surface area (TPSA) is 89.8 Å². The smallest absolute Gasteiger partial charge is 0.323 e. The van der Waals surface area contributed by atoms with E-state index in [-0.39, 0.29) is 30.9 Å². The lowest BCUT2D eigenvalue weighted by Gasteiger charge is -2.25. The number of fused-ring (bicyclic) bond motifs is 3. The lowest BCUT2D eigenvalue weighted by Crippen LogP contribution is -2.41. The van der Waals surface area contributed by atoms with E-state index in [1.165, 1.54) is 19.2 Å². The lowest BCUT2D eigenvalue weighted by atomic mass is 9.91. The maximum Gasteiger partial charge on any atom is 0.323 e. The van der Waals surface area contributed by atoms with E-state index in [1.54, 1.807) is 28.8 Å². The summed E-state index contributed by atoms with van der Waals surface area (Å²) in [6.45, 7) is -0.333. The van der Waals surface area contributed by atoms with Gasteiger partial charge in [0, 0.05) is 22.6 Å². The summed E-state index contributed by atoms with van der Waals surface area (Å²) in [5.74, 6) is -0.559. The average molecular weight is 426 g/mol. The number of carbonyl (C=O) groups excluding carboxylic acids is 1. The summed E-state index contributed by atoms with van der Waals surface area (Å²) in [6, 6.07) is 11.3. The fourth-order valence-electron chi connectivity index (χ4n) is 4.21. The van der Waals surface area contributed by atoms with Gasteiger partial charge in [-0.25, -0.2) is 4.39 Å². The number of hydrogen-bond donors (Lipinski definition) is 2. The number of aliphatic carboxylic acids is 1. The Kier molecular flexibility index (Phi) is 5.79. The van der Waals surface area contributed by atoms with Crippen LogP contribution in [0.15, 0.2) is 42.5 Å². The molecule has 2 N–H and O–H groups in total. The third-order valence-electron chi connectivity index (χ3n) is 5.52. The van der Waals surface area contributed by atoms with Crippen molar-refractivity contribution >= 4 is 22.8 Å². The molecule has 3 aromatic rings. The van der Waals surface area contributed by atoms with Crippen molar-refractivity contribution in [3.8, 4) is 11.5 Å². The highest BCUT2D eigenvalue weighted by Crippen LogP contribution is 2.33. The number of benzene rings is 2. The Morgan fingerprint density at radius 3 is 2.74 bits per heavy atom. The van der Waals surface area contributed by atoms with Crippen molar-refractivity contribution in [1.29, 1.82) is 0 Å². The second kappa shape index (κ2) is 8.67. The molecule has 0 aliphatic heterocycles. The molecule has 1 atom stereocenters. The van der Waals surface area contributed by atoms with Crippen LogP contribution in [0.3, 0.4) is 0 Å². The highest BCUT2D eigenvalue weighted by molar-refractivity contribution is 5.87. The SMILES string of the molecule is COc1ccccc1OCC(=O)N[C@@H]1CCc2c(c3cc(F)ccc3n2CC(=O)O)C1. The van der Waals surface area contributed by atoms with Crippen LogP contribution in [0.5, 0.6) is 11.5 Å². The van der Waals surface area contributed by atoms with Crippen LogP contribution < -0.4 is 14.8 Å². The summed E-state index contributed by atoms with van der Waals surface area (Å²) < 4.78 is 26.4. The molecule has 7 nitrogen and oxygen atoms in total. The molecule has 0 radical (unpaired) electrons. The van der Waals surface area contributed by atoms with Crippen LogP contribution in [0, 0.1) is 5.82 Å². The molecule has 1 aromatic heterocycles. The molecule has 4 rings (SSSR count). The standard InChI is InChI=1S/C23H23FN2O5/c1-30-20-4-2-3-5-21(20)31-13-22(27)25-15-7-9-19-17(11-15)16-10-14(24)6-8-18(16)26(19)12-23(28)29/h2-6,8,10,15H,7,9,11-13H2,1H3,(H,25,27)(H,28,29)/t15-/m1/s1. The summed E-state index contributed by atoms with van der Waals surface area (Å²) in [6.07, 6.45) is 1.76. The Bertz CT molecular complexity index is 1140. The Morgan fingerprint density at radius 1 is 1.23 bits per heavy atom. The summed E-state index contributed by atoms with van der Waals surface area (Å²) in [4.78, 5) is 23.8. The minimum atomic E-state index is -0.951. The van der Waals surface area contributed by atoms with Crippen LogP contribution in [0.1, 0.15) is 17.7 Å². The molecular weight excluding hydrogens is 403 g/mol. The average Bonchev–Trinajstić information content (AvgIpc) is 3.04. The summed E-state index contributed by atoms with van der Waals surface area (Å²) in [5, 5.41) is 13.0. The number of methoxy groups -OCH3 is 1. The van der Waals surface area contributed by atoms with Crippen LogP contribution in [0.4, 0.5) is 4.39 Å². The van der Waals surface area contributed by atoms with Crippen molar-refractivity contribution in [2.24, 2.45) is 0 Å². The largest absolute Gasteiger partial charge is 0.493 e. The normalized spacial score (nSPS) is 15.4. The molecule has 0 fully saturated rings. The number of amides is 1. The van der Waals surface area contributed by atoms with E-state index in [2.05, 4.69) is 5.32 Å². The summed E-state index contributed by atoms with van der Waals surface area (Å²) >= 11 is 0. The fraction of sp³-hybridized carbons (Fsp3) is 0.304. The molecule has 0 unspecified atom stereocenters. The van der Waals surface area contributed by atoms with Gasteiger partial charge in [0.25, 0.3) is 5.91 Å². The zero-order chi connectivity index (χ0) is 22.0. The third-order valence-corrected chi connectivity index (χ3v) is 5.52. The van der Waals surface area contributed by atoms with E-state index >= 15 is 0 Å². The zero-order valence-electron chi connectivity index (χ0n) is 17.1. The van der Waals surface area contributed by atoms with Gasteiger partial charge in [0.05, 0.1) is 7.11 Å². The molecular formula is C23H23FN2O5. The van der Waals surface area contributed by atoms with Crippen LogP contribution in [0.25, 0.3) is 10.9 Å². The maximum absolute atomic E-state index is 13.9. The van der Waals surface area contributed by atoms with Gasteiger partial charge < -0.3 is 24.5 Å². The molecule has 0 saturated heterocycles. The predicted octanol–water partition coefficient (Wildman–Crippen LogP) is 2.93. The first kappa shape index (κ1) is 20.7. The first-order valence-electron chi connectivity index (χ1n) is 10.0. The number of aromatic nitrogens is 1. The van der Waals surface area contributed by atoms with Crippen molar-refractivity contribution in [2.45, 2.75) is 31.8 Å². The Balaban J connectivity index is 1.48. The van der Waals surface area contributed by atoms with Crippen LogP contribution in [0.2, 0.25) is 0 Å². The number of carboxylic acid groups (broad SMARTS) is 1. The van der Waals surface area contributed by atoms with Crippen molar-refractivity contribution in [2.75, 3.05) is 13.7 Å². The van der Waals surface area contributed by atoms with Gasteiger partial charge in [0.1, 0.15) is 12.4 Å². The number of nitrogens with one attached hydrogen (secondary N) is 1. The number of rotatable bonds is 7. The number of para-hydroxylation sites is 2. The van der Waals surface area contributed by atoms with E-state index in [9.17, 15) is 19.1 Å². The van der Waals surface area contributed by atoms with Crippen molar-refractivity contribution in [3.05, 3.63) is 59.5 Å². The van der Waals surface area contributed by atoms with Gasteiger partial charge in [-0.3, -0.25) is 9.59 Å². The van der Waals surface area contributed by atoms with Crippen molar-refractivity contribution in [1.82, 2.24) is 9.88 Å². The molecule has 0 spiro atoms. The first-order valence-corrected chi connectivity index (χ1v) is 10.0. The lowest BCUT2D eigenvalue weighted by molar-refractivity contribution is -0.137. The van der Waals surface area contributed by atoms with Crippen LogP contribution in [-0.2, 0) is 29.0 Å². The zero-order valence-corrected chi connectivity index (χ0v) is 17.1. The Labute approximate surface area is 178 Å². The number of halogens is 1. The van der Waals surface area contributed by atoms with Gasteiger partial charge in [-0.15, -0.1) is 0 Å². The molecule has 1 aliphatic rings. The minimum absolute atomic E-state index is 0.145. The molecule has 0 bridgehead atoms. The van der Waals surface area contributed by atoms with Gasteiger partial charge in [-0.05, 0) is 55.2 Å². The molecule has 1 amide bonds. The number of carbonyl (C=O) groups is 2. The molecule has 1 heterocycles. The van der Waals surface area contributed by atoms with E-state index < -0.39 is 5.97 Å². The summed E-state index contributed by atoms with van der Waals surface area (Å²) in [7, 11) is 1.53. The minimum Gasteiger partial charge on any atom is -0.493 e. The summed E-state index contributed by atoms with van der Waals surface area (Å²) in [5.41, 5.74) is 2.47. The second-order valence-electron chi connectivity index (χ2n) is 7.51. The fourth-order valence-corrected chi connectivity index (χ4v) is 4.21. The molecule has 2 aromatic carbocycles. The number of carboxylic acids is 1. The van der Waals surface area contributed by atoms with Crippen molar-refractivity contribution < 1.29 is 28.6 Å². The van der Waals surface area contributed by atoms with Gasteiger partial charge in [-0.1, -0.05) is 12.1 Å². The number of nitrogens with zero attached hydrogens (tertiary/aromatic N) is 1. The predicted molar refractivity (Wildman–Crippen MR) is 112 cm³/mol. The van der Waals surface area contributed by atoms with Gasteiger partial charge in [0.2, 0.25) is 0 Å². The quantitative estimate of drug-likeness (QED) is 0.606. The van der Waals surface area contributed by atoms with E-state index in [0.717, 1.165) is 11.3 Å². The van der Waals surface area contributed by atoms with Crippen LogP contribution in [-0.4, -0.2) is 41.3 Å². The number of ether oxygens (including phenoxy) is 2. The molecule has 8 heteroatoms. The van der Waals surface area contributed by atoms with Gasteiger partial charge in [-0.2, -0.15) is 0 Å². The van der Waals surface area contributed by atoms with E-state index in [1.807, 2.05) is 6.07 Å². The van der Waals surface area contributed by atoms with E-state index in [4.69, 9.17) is 9.47 Å². The van der Waals surface area contributed by atoms with Gasteiger partial charge in [0.15, 0.2) is 18.1 Å².